The molecule has 0 saturated heterocycles. The van der Waals surface area contributed by atoms with Gasteiger partial charge in [0, 0.05) is 0 Å². The number of hydrogen-bond acceptors (Lipinski definition) is 0. The summed E-state index contributed by atoms with van der Waals surface area (Å²) in [5.41, 5.74) is 1.97. The third-order valence-electron chi connectivity index (χ3n) is 5.18. The average Bonchev–Trinajstić information content (AvgIpc) is 2.75. The van der Waals surface area contributed by atoms with Crippen molar-refractivity contribution in [3.8, 4) is 0 Å². The Morgan fingerprint density at radius 3 is 1.46 bits per heavy atom. The molecule has 0 heteroatoms. The zero-order valence-electron chi connectivity index (χ0n) is 9.74. The van der Waals surface area contributed by atoms with E-state index in [9.17, 15) is 0 Å². The van der Waals surface area contributed by atoms with Gasteiger partial charge in [0.2, 0.25) is 0 Å². The molecule has 0 bridgehead atoms. The molecule has 0 aromatic rings. The smallest absolute Gasteiger partial charge is 0.0277 e. The first-order valence-corrected chi connectivity index (χ1v) is 5.87. The largest absolute Gasteiger partial charge is 0.0597 e. The van der Waals surface area contributed by atoms with Crippen molar-refractivity contribution in [3.63, 3.8) is 0 Å². The summed E-state index contributed by atoms with van der Waals surface area (Å²) in [6.07, 6.45) is 9.04. The maximum atomic E-state index is 2.50. The monoisotopic (exact) mass is 180 g/mol. The van der Waals surface area contributed by atoms with E-state index in [4.69, 9.17) is 0 Å². The van der Waals surface area contributed by atoms with E-state index < -0.39 is 0 Å². The molecule has 0 aromatic carbocycles. The molecule has 76 valence electrons. The Hall–Kier alpha value is 0. The van der Waals surface area contributed by atoms with Crippen molar-refractivity contribution in [1.29, 1.82) is 0 Å². The average molecular weight is 180 g/mol. The van der Waals surface area contributed by atoms with Gasteiger partial charge in [0.15, 0.2) is 0 Å². The van der Waals surface area contributed by atoms with Gasteiger partial charge >= 0.3 is 0 Å². The normalized spacial score (nSPS) is 30.5. The molecular weight excluding hydrogens is 156 g/mol. The highest BCUT2D eigenvalue weighted by Crippen LogP contribution is 2.62. The Morgan fingerprint density at radius 1 is 0.769 bits per heavy atom. The number of rotatable bonds is 0. The van der Waals surface area contributed by atoms with Gasteiger partial charge < -0.3 is 0 Å². The summed E-state index contributed by atoms with van der Waals surface area (Å²) in [6.45, 7) is 9.75. The van der Waals surface area contributed by atoms with Crippen LogP contribution in [-0.4, -0.2) is 0 Å². The molecule has 2 aliphatic rings. The van der Waals surface area contributed by atoms with E-state index in [-0.39, 0.29) is 0 Å². The lowest BCUT2D eigenvalue weighted by Crippen LogP contribution is -2.36. The Kier molecular flexibility index (Phi) is 1.85. The van der Waals surface area contributed by atoms with Crippen LogP contribution in [0.15, 0.2) is 0 Å². The van der Waals surface area contributed by atoms with Crippen molar-refractivity contribution in [1.82, 2.24) is 0 Å². The van der Waals surface area contributed by atoms with Gasteiger partial charge in [0.1, 0.15) is 0 Å². The molecule has 0 atom stereocenters. The molecule has 0 amide bonds. The van der Waals surface area contributed by atoms with Crippen molar-refractivity contribution < 1.29 is 0 Å². The van der Waals surface area contributed by atoms with Crippen LogP contribution in [0.1, 0.15) is 66.2 Å². The van der Waals surface area contributed by atoms with Gasteiger partial charge in [-0.25, -0.2) is 0 Å². The SMILES string of the molecule is CC(C)(C)C1(C)CCC2(CC2)CC1. The minimum absolute atomic E-state index is 0.503. The van der Waals surface area contributed by atoms with Crippen LogP contribution in [0.3, 0.4) is 0 Å². The van der Waals surface area contributed by atoms with Crippen molar-refractivity contribution in [2.45, 2.75) is 66.2 Å². The summed E-state index contributed by atoms with van der Waals surface area (Å²) in [5.74, 6) is 0. The van der Waals surface area contributed by atoms with Crippen LogP contribution in [0.2, 0.25) is 0 Å². The van der Waals surface area contributed by atoms with Crippen molar-refractivity contribution in [2.24, 2.45) is 16.2 Å². The standard InChI is InChI=1S/C13H24/c1-11(2,3)12(4)5-7-13(8-6-12)9-10-13/h5-10H2,1-4H3. The fourth-order valence-electron chi connectivity index (χ4n) is 2.76. The minimum Gasteiger partial charge on any atom is -0.0597 e. The predicted octanol–water partition coefficient (Wildman–Crippen LogP) is 4.39. The van der Waals surface area contributed by atoms with E-state index in [1.165, 1.54) is 38.5 Å². The van der Waals surface area contributed by atoms with E-state index in [1.807, 2.05) is 0 Å². The zero-order chi connectivity index (χ0) is 9.74. The first-order chi connectivity index (χ1) is 5.87. The van der Waals surface area contributed by atoms with Crippen molar-refractivity contribution in [2.75, 3.05) is 0 Å². The highest BCUT2D eigenvalue weighted by Gasteiger charge is 2.50. The summed E-state index contributed by atoms with van der Waals surface area (Å²) in [4.78, 5) is 0. The Balaban J connectivity index is 2.03. The fourth-order valence-corrected chi connectivity index (χ4v) is 2.76. The highest BCUT2D eigenvalue weighted by atomic mass is 14.6. The fraction of sp³-hybridized carbons (Fsp3) is 1.00. The molecule has 0 unspecified atom stereocenters. The lowest BCUT2D eigenvalue weighted by Gasteiger charge is -2.47. The Labute approximate surface area is 83.1 Å². The quantitative estimate of drug-likeness (QED) is 0.518. The maximum Gasteiger partial charge on any atom is -0.0277 e. The molecule has 13 heavy (non-hydrogen) atoms. The summed E-state index contributed by atoms with van der Waals surface area (Å²) < 4.78 is 0. The van der Waals surface area contributed by atoms with E-state index in [0.717, 1.165) is 5.41 Å². The molecule has 0 aromatic heterocycles. The van der Waals surface area contributed by atoms with Crippen LogP contribution >= 0.6 is 0 Å². The van der Waals surface area contributed by atoms with Crippen LogP contribution in [-0.2, 0) is 0 Å². The number of hydrogen-bond donors (Lipinski definition) is 0. The second-order valence-corrected chi connectivity index (χ2v) is 6.81. The lowest BCUT2D eigenvalue weighted by atomic mass is 9.58. The zero-order valence-corrected chi connectivity index (χ0v) is 9.74. The van der Waals surface area contributed by atoms with Crippen LogP contribution in [0.5, 0.6) is 0 Å². The molecule has 0 heterocycles. The van der Waals surface area contributed by atoms with Crippen LogP contribution < -0.4 is 0 Å². The summed E-state index contributed by atoms with van der Waals surface area (Å²) >= 11 is 0. The molecule has 0 nitrogen and oxygen atoms in total. The van der Waals surface area contributed by atoms with Crippen molar-refractivity contribution in [3.05, 3.63) is 0 Å². The lowest BCUT2D eigenvalue weighted by molar-refractivity contribution is 0.0354. The molecular formula is C13H24. The summed E-state index contributed by atoms with van der Waals surface area (Å²) in [6, 6.07) is 0. The summed E-state index contributed by atoms with van der Waals surface area (Å²) in [7, 11) is 0. The molecule has 0 N–H and O–H groups in total. The highest BCUT2D eigenvalue weighted by molar-refractivity contribution is 5.01. The van der Waals surface area contributed by atoms with Gasteiger partial charge in [0.05, 0.1) is 0 Å². The Bertz CT molecular complexity index is 193. The van der Waals surface area contributed by atoms with Crippen LogP contribution in [0.4, 0.5) is 0 Å². The van der Waals surface area contributed by atoms with Gasteiger partial charge in [-0.1, -0.05) is 27.7 Å². The predicted molar refractivity (Wildman–Crippen MR) is 57.7 cm³/mol. The molecule has 0 aliphatic heterocycles. The first kappa shape index (κ1) is 9.55. The van der Waals surface area contributed by atoms with Gasteiger partial charge in [-0.05, 0) is 54.8 Å². The van der Waals surface area contributed by atoms with Crippen molar-refractivity contribution >= 4 is 0 Å². The molecule has 2 fully saturated rings. The molecule has 1 spiro atoms. The first-order valence-electron chi connectivity index (χ1n) is 5.87. The second kappa shape index (κ2) is 2.52. The third-order valence-corrected chi connectivity index (χ3v) is 5.18. The maximum absolute atomic E-state index is 2.50. The van der Waals surface area contributed by atoms with E-state index in [1.54, 1.807) is 0 Å². The topological polar surface area (TPSA) is 0 Å². The van der Waals surface area contributed by atoms with Gasteiger partial charge in [-0.15, -0.1) is 0 Å². The van der Waals surface area contributed by atoms with Gasteiger partial charge in [-0.2, -0.15) is 0 Å². The van der Waals surface area contributed by atoms with E-state index in [0.29, 0.717) is 10.8 Å². The minimum atomic E-state index is 0.503. The van der Waals surface area contributed by atoms with Crippen LogP contribution in [0.25, 0.3) is 0 Å². The van der Waals surface area contributed by atoms with E-state index in [2.05, 4.69) is 27.7 Å². The molecule has 2 saturated carbocycles. The second-order valence-electron chi connectivity index (χ2n) is 6.81. The van der Waals surface area contributed by atoms with Crippen LogP contribution in [0, 0.1) is 16.2 Å². The van der Waals surface area contributed by atoms with E-state index >= 15 is 0 Å². The molecule has 2 aliphatic carbocycles. The third kappa shape index (κ3) is 1.53. The van der Waals surface area contributed by atoms with Gasteiger partial charge in [-0.3, -0.25) is 0 Å². The van der Waals surface area contributed by atoms with Gasteiger partial charge in [0.25, 0.3) is 0 Å². The Morgan fingerprint density at radius 2 is 1.15 bits per heavy atom. The molecule has 2 rings (SSSR count). The summed E-state index contributed by atoms with van der Waals surface area (Å²) in [5, 5.41) is 0. The molecule has 0 radical (unpaired) electrons.